The van der Waals surface area contributed by atoms with Crippen LogP contribution in [0.15, 0.2) is 66.3 Å². The summed E-state index contributed by atoms with van der Waals surface area (Å²) in [5.74, 6) is -2.04. The number of rotatable bonds is 5. The molecule has 24 heavy (non-hydrogen) atoms. The number of halogens is 2. The van der Waals surface area contributed by atoms with Crippen LogP contribution in [0.2, 0.25) is 0 Å². The third-order valence-electron chi connectivity index (χ3n) is 3.58. The van der Waals surface area contributed by atoms with Gasteiger partial charge in [0, 0.05) is 0 Å². The van der Waals surface area contributed by atoms with Gasteiger partial charge in [-0.05, 0) is 58.5 Å². The molecule has 0 fully saturated rings. The Hall–Kier alpha value is -2.75. The predicted octanol–water partition coefficient (Wildman–Crippen LogP) is 3.73. The molecule has 2 nitrogen and oxygen atoms in total. The summed E-state index contributed by atoms with van der Waals surface area (Å²) in [6.07, 6.45) is 2.43. The molecule has 0 unspecified atom stereocenters. The summed E-state index contributed by atoms with van der Waals surface area (Å²) in [4.78, 5) is 10.8. The summed E-state index contributed by atoms with van der Waals surface area (Å²) in [5.41, 5.74) is 2.89. The molecule has 0 spiro atoms. The van der Waals surface area contributed by atoms with Crippen LogP contribution in [0.5, 0.6) is 0 Å². The van der Waals surface area contributed by atoms with E-state index in [-0.39, 0.29) is 17.6 Å². The van der Waals surface area contributed by atoms with E-state index in [0.29, 0.717) is 0 Å². The van der Waals surface area contributed by atoms with Crippen molar-refractivity contribution in [3.05, 3.63) is 89.0 Å². The van der Waals surface area contributed by atoms with E-state index < -0.39 is 5.97 Å². The fourth-order valence-corrected chi connectivity index (χ4v) is 2.46. The number of carboxylic acids is 1. The van der Waals surface area contributed by atoms with Crippen LogP contribution in [0.1, 0.15) is 25.0 Å². The van der Waals surface area contributed by atoms with Gasteiger partial charge in [0.25, 0.3) is 0 Å². The summed E-state index contributed by atoms with van der Waals surface area (Å²) in [7, 11) is 0. The van der Waals surface area contributed by atoms with Crippen LogP contribution in [-0.4, -0.2) is 5.97 Å². The van der Waals surface area contributed by atoms with E-state index in [1.165, 1.54) is 30.3 Å². The quantitative estimate of drug-likeness (QED) is 0.620. The zero-order chi connectivity index (χ0) is 17.7. The van der Waals surface area contributed by atoms with Crippen molar-refractivity contribution in [2.24, 2.45) is 5.92 Å². The highest BCUT2D eigenvalue weighted by Crippen LogP contribution is 2.31. The Morgan fingerprint density at radius 2 is 1.29 bits per heavy atom. The minimum Gasteiger partial charge on any atom is -0.545 e. The zero-order valence-corrected chi connectivity index (χ0v) is 13.4. The van der Waals surface area contributed by atoms with E-state index in [1.54, 1.807) is 24.3 Å². The van der Waals surface area contributed by atoms with E-state index in [2.05, 4.69) is 0 Å². The molecular weight excluding hydrogens is 310 g/mol. The molecule has 0 bridgehead atoms. The monoisotopic (exact) mass is 327 g/mol. The van der Waals surface area contributed by atoms with Crippen LogP contribution in [-0.2, 0) is 4.79 Å². The maximum atomic E-state index is 13.3. The molecule has 0 radical (unpaired) electrons. The van der Waals surface area contributed by atoms with E-state index in [4.69, 9.17) is 0 Å². The van der Waals surface area contributed by atoms with Gasteiger partial charge in [0.1, 0.15) is 11.6 Å². The van der Waals surface area contributed by atoms with E-state index >= 15 is 0 Å². The Morgan fingerprint density at radius 3 is 1.62 bits per heavy atom. The number of allylic oxidation sites excluding steroid dienone is 2. The third kappa shape index (κ3) is 4.38. The first-order valence-corrected chi connectivity index (χ1v) is 7.53. The molecule has 0 aromatic heterocycles. The van der Waals surface area contributed by atoms with Gasteiger partial charge in [0.05, 0.1) is 5.97 Å². The largest absolute Gasteiger partial charge is 0.545 e. The maximum absolute atomic E-state index is 13.3. The van der Waals surface area contributed by atoms with Crippen molar-refractivity contribution in [3.63, 3.8) is 0 Å². The van der Waals surface area contributed by atoms with Crippen LogP contribution in [0, 0.1) is 17.6 Å². The van der Waals surface area contributed by atoms with Crippen molar-refractivity contribution in [3.8, 4) is 0 Å². The Bertz CT molecular complexity index is 723. The summed E-state index contributed by atoms with van der Waals surface area (Å²) in [6.45, 7) is 3.84. The van der Waals surface area contributed by atoms with Crippen LogP contribution in [0.25, 0.3) is 5.57 Å². The summed E-state index contributed by atoms with van der Waals surface area (Å²) in [5, 5.41) is 10.8. The standard InChI is InChI=1S/C20H18F2O2/c1-13(2)18(11-12-19(23)24)20(14-3-7-16(21)8-4-14)15-5-9-17(22)10-6-15/h3-13H,1-2H3,(H,23,24)/p-1/b12-11+. The van der Waals surface area contributed by atoms with E-state index in [9.17, 15) is 18.7 Å². The van der Waals surface area contributed by atoms with Crippen molar-refractivity contribution < 1.29 is 18.7 Å². The van der Waals surface area contributed by atoms with E-state index in [0.717, 1.165) is 28.3 Å². The molecule has 0 aliphatic rings. The van der Waals surface area contributed by atoms with E-state index in [1.807, 2.05) is 13.8 Å². The first kappa shape index (κ1) is 17.6. The Kier molecular flexibility index (Phi) is 5.64. The maximum Gasteiger partial charge on any atom is 0.123 e. The molecule has 0 aliphatic heterocycles. The fraction of sp³-hybridized carbons (Fsp3) is 0.150. The number of carbonyl (C=O) groups excluding carboxylic acids is 1. The van der Waals surface area contributed by atoms with Crippen molar-refractivity contribution in [2.75, 3.05) is 0 Å². The van der Waals surface area contributed by atoms with Crippen molar-refractivity contribution in [1.82, 2.24) is 0 Å². The molecule has 0 heterocycles. The van der Waals surface area contributed by atoms with Crippen LogP contribution in [0.4, 0.5) is 8.78 Å². The van der Waals surface area contributed by atoms with Gasteiger partial charge in [0.15, 0.2) is 0 Å². The molecule has 0 aliphatic carbocycles. The highest BCUT2D eigenvalue weighted by atomic mass is 19.1. The second-order valence-electron chi connectivity index (χ2n) is 5.65. The average molecular weight is 327 g/mol. The Labute approximate surface area is 139 Å². The predicted molar refractivity (Wildman–Crippen MR) is 87.8 cm³/mol. The third-order valence-corrected chi connectivity index (χ3v) is 3.58. The van der Waals surface area contributed by atoms with Crippen molar-refractivity contribution in [1.29, 1.82) is 0 Å². The number of benzene rings is 2. The lowest BCUT2D eigenvalue weighted by Gasteiger charge is -2.17. The molecule has 0 atom stereocenters. The molecule has 0 amide bonds. The lowest BCUT2D eigenvalue weighted by Crippen LogP contribution is -2.18. The van der Waals surface area contributed by atoms with Gasteiger partial charge in [-0.3, -0.25) is 0 Å². The molecule has 2 aromatic rings. The lowest BCUT2D eigenvalue weighted by atomic mass is 9.87. The zero-order valence-electron chi connectivity index (χ0n) is 13.4. The topological polar surface area (TPSA) is 40.1 Å². The highest BCUT2D eigenvalue weighted by Gasteiger charge is 2.13. The number of hydrogen-bond donors (Lipinski definition) is 0. The van der Waals surface area contributed by atoms with Crippen LogP contribution >= 0.6 is 0 Å². The summed E-state index contributed by atoms with van der Waals surface area (Å²) >= 11 is 0. The van der Waals surface area contributed by atoms with Crippen molar-refractivity contribution in [2.45, 2.75) is 13.8 Å². The van der Waals surface area contributed by atoms with Gasteiger partial charge in [-0.1, -0.05) is 44.2 Å². The first-order valence-electron chi connectivity index (χ1n) is 7.53. The van der Waals surface area contributed by atoms with Gasteiger partial charge < -0.3 is 9.90 Å². The second-order valence-corrected chi connectivity index (χ2v) is 5.65. The molecule has 124 valence electrons. The Morgan fingerprint density at radius 1 is 0.875 bits per heavy atom. The Balaban J connectivity index is 2.71. The normalized spacial score (nSPS) is 11.0. The lowest BCUT2D eigenvalue weighted by molar-refractivity contribution is -0.297. The second kappa shape index (κ2) is 7.68. The fourth-order valence-electron chi connectivity index (χ4n) is 2.46. The minimum atomic E-state index is -1.30. The van der Waals surface area contributed by atoms with Gasteiger partial charge in [-0.25, -0.2) is 8.78 Å². The number of carbonyl (C=O) groups is 1. The molecule has 0 N–H and O–H groups in total. The smallest absolute Gasteiger partial charge is 0.123 e. The van der Waals surface area contributed by atoms with Crippen LogP contribution < -0.4 is 5.11 Å². The van der Waals surface area contributed by atoms with Gasteiger partial charge >= 0.3 is 0 Å². The molecule has 4 heteroatoms. The SMILES string of the molecule is CC(C)C(/C=C/C(=O)[O-])=C(c1ccc(F)cc1)c1ccc(F)cc1. The minimum absolute atomic E-state index is 0.00861. The molecule has 0 saturated heterocycles. The molecule has 0 saturated carbocycles. The van der Waals surface area contributed by atoms with Crippen molar-refractivity contribution >= 4 is 11.5 Å². The molecule has 2 rings (SSSR count). The summed E-state index contributed by atoms with van der Waals surface area (Å²) in [6, 6.07) is 11.8. The highest BCUT2D eigenvalue weighted by molar-refractivity contribution is 5.86. The summed E-state index contributed by atoms with van der Waals surface area (Å²) < 4.78 is 26.5. The number of aliphatic carboxylic acids is 1. The van der Waals surface area contributed by atoms with Crippen LogP contribution in [0.3, 0.4) is 0 Å². The van der Waals surface area contributed by atoms with Gasteiger partial charge in [-0.2, -0.15) is 0 Å². The number of hydrogen-bond acceptors (Lipinski definition) is 2. The molecule has 2 aromatic carbocycles. The first-order chi connectivity index (χ1) is 11.4. The molecular formula is C20H17F2O2-. The van der Waals surface area contributed by atoms with Gasteiger partial charge in [0.2, 0.25) is 0 Å². The van der Waals surface area contributed by atoms with Gasteiger partial charge in [-0.15, -0.1) is 0 Å². The average Bonchev–Trinajstić information content (AvgIpc) is 2.53. The number of carboxylic acid groups (broad SMARTS) is 1.